The Labute approximate surface area is 214 Å². The van der Waals surface area contributed by atoms with Crippen LogP contribution in [0.5, 0.6) is 0 Å². The van der Waals surface area contributed by atoms with E-state index in [1.165, 1.54) is 23.5 Å². The number of nitrogens with zero attached hydrogens (tertiary/aromatic N) is 3. The number of anilines is 1. The highest BCUT2D eigenvalue weighted by atomic mass is 35.5. The summed E-state index contributed by atoms with van der Waals surface area (Å²) in [7, 11) is -3.32. The van der Waals surface area contributed by atoms with Crippen molar-refractivity contribution in [3.8, 4) is 0 Å². The number of fused-ring (bicyclic) bond motifs is 1. The van der Waals surface area contributed by atoms with Gasteiger partial charge in [-0.05, 0) is 48.7 Å². The summed E-state index contributed by atoms with van der Waals surface area (Å²) in [4.78, 5) is 23.7. The normalized spacial score (nSPS) is 14.6. The molecule has 0 atom stereocenters. The van der Waals surface area contributed by atoms with E-state index in [1.807, 2.05) is 18.4 Å². The molecule has 0 saturated carbocycles. The van der Waals surface area contributed by atoms with Gasteiger partial charge in [0.05, 0.1) is 34.1 Å². The molecule has 0 aliphatic carbocycles. The molecule has 1 fully saturated rings. The fourth-order valence-electron chi connectivity index (χ4n) is 3.61. The number of rotatable bonds is 8. The first-order chi connectivity index (χ1) is 15.9. The van der Waals surface area contributed by atoms with Crippen LogP contribution in [0, 0.1) is 0 Å². The topological polar surface area (TPSA) is 79.8 Å². The van der Waals surface area contributed by atoms with Crippen LogP contribution < -0.4 is 4.90 Å². The summed E-state index contributed by atoms with van der Waals surface area (Å²) in [5, 5.41) is 0.645. The van der Waals surface area contributed by atoms with Gasteiger partial charge in [0.2, 0.25) is 0 Å². The van der Waals surface area contributed by atoms with Gasteiger partial charge in [-0.2, -0.15) is 0 Å². The van der Waals surface area contributed by atoms with Crippen LogP contribution in [-0.2, 0) is 14.6 Å². The number of hydrogen-bond acceptors (Lipinski definition) is 8. The lowest BCUT2D eigenvalue weighted by molar-refractivity contribution is 0.0391. The highest BCUT2D eigenvalue weighted by Gasteiger charge is 2.23. The van der Waals surface area contributed by atoms with E-state index in [9.17, 15) is 13.2 Å². The number of halogens is 1. The van der Waals surface area contributed by atoms with Crippen molar-refractivity contribution in [2.45, 2.75) is 16.7 Å². The van der Waals surface area contributed by atoms with E-state index in [-0.39, 0.29) is 29.0 Å². The number of morpholine rings is 1. The Bertz CT molecular complexity index is 1230. The SMILES string of the molecule is CCS(=O)(=O)c1ccc(C(=O)N(CCN2CCOCC2)c2nc3ccc(SC)cc3s2)cc1.Cl. The second kappa shape index (κ2) is 11.8. The van der Waals surface area contributed by atoms with Crippen molar-refractivity contribution in [3.63, 3.8) is 0 Å². The number of thioether (sulfide) groups is 1. The van der Waals surface area contributed by atoms with E-state index >= 15 is 0 Å². The zero-order valence-electron chi connectivity index (χ0n) is 19.1. The van der Waals surface area contributed by atoms with Crippen molar-refractivity contribution >= 4 is 66.6 Å². The third kappa shape index (κ3) is 6.10. The van der Waals surface area contributed by atoms with Gasteiger partial charge in [-0.15, -0.1) is 24.2 Å². The zero-order chi connectivity index (χ0) is 23.4. The number of carbonyl (C=O) groups excluding carboxylic acids is 1. The lowest BCUT2D eigenvalue weighted by Crippen LogP contribution is -2.43. The fourth-order valence-corrected chi connectivity index (χ4v) is 6.04. The number of hydrogen-bond donors (Lipinski definition) is 0. The standard InChI is InChI=1S/C23H27N3O4S3.ClH/c1-3-33(28,29)19-7-4-17(5-8-19)22(27)26(11-10-25-12-14-30-15-13-25)23-24-20-9-6-18(31-2)16-21(20)32-23;/h4-9,16H,3,10-15H2,1-2H3;1H. The summed E-state index contributed by atoms with van der Waals surface area (Å²) in [5.74, 6) is -0.164. The molecule has 1 amide bonds. The predicted molar refractivity (Wildman–Crippen MR) is 142 cm³/mol. The minimum absolute atomic E-state index is 0. The van der Waals surface area contributed by atoms with Gasteiger partial charge < -0.3 is 4.74 Å². The Hall–Kier alpha value is -1.69. The molecule has 3 aromatic rings. The number of sulfone groups is 1. The average molecular weight is 542 g/mol. The first-order valence-electron chi connectivity index (χ1n) is 10.8. The van der Waals surface area contributed by atoms with Crippen LogP contribution in [0.2, 0.25) is 0 Å². The van der Waals surface area contributed by atoms with Crippen LogP contribution >= 0.6 is 35.5 Å². The molecule has 1 saturated heterocycles. The first kappa shape index (κ1) is 26.9. The van der Waals surface area contributed by atoms with E-state index in [2.05, 4.69) is 11.0 Å². The van der Waals surface area contributed by atoms with Gasteiger partial charge in [0.1, 0.15) is 0 Å². The molecular weight excluding hydrogens is 514 g/mol. The molecule has 2 aromatic carbocycles. The number of benzene rings is 2. The van der Waals surface area contributed by atoms with Crippen molar-refractivity contribution in [1.29, 1.82) is 0 Å². The Kier molecular flexibility index (Phi) is 9.36. The van der Waals surface area contributed by atoms with E-state index in [0.717, 1.165) is 28.2 Å². The largest absolute Gasteiger partial charge is 0.379 e. The summed E-state index contributed by atoms with van der Waals surface area (Å²) in [6.45, 7) is 5.87. The molecule has 1 aliphatic heterocycles. The van der Waals surface area contributed by atoms with Crippen LogP contribution in [0.3, 0.4) is 0 Å². The maximum absolute atomic E-state index is 13.5. The van der Waals surface area contributed by atoms with E-state index in [1.54, 1.807) is 35.7 Å². The van der Waals surface area contributed by atoms with Gasteiger partial charge in [-0.25, -0.2) is 13.4 Å². The molecular formula is C23H28ClN3O4S3. The molecule has 0 unspecified atom stereocenters. The molecule has 34 heavy (non-hydrogen) atoms. The van der Waals surface area contributed by atoms with Gasteiger partial charge >= 0.3 is 0 Å². The summed E-state index contributed by atoms with van der Waals surface area (Å²) in [6.07, 6.45) is 2.03. The monoisotopic (exact) mass is 541 g/mol. The molecule has 0 bridgehead atoms. The number of carbonyl (C=O) groups is 1. The lowest BCUT2D eigenvalue weighted by Gasteiger charge is -2.29. The molecule has 4 rings (SSSR count). The van der Waals surface area contributed by atoms with E-state index in [0.29, 0.717) is 37.0 Å². The number of aromatic nitrogens is 1. The second-order valence-corrected chi connectivity index (χ2v) is 11.8. The molecule has 1 aliphatic rings. The smallest absolute Gasteiger partial charge is 0.260 e. The zero-order valence-corrected chi connectivity index (χ0v) is 22.4. The van der Waals surface area contributed by atoms with Crippen LogP contribution in [-0.4, -0.2) is 75.6 Å². The van der Waals surface area contributed by atoms with Gasteiger partial charge in [0, 0.05) is 36.6 Å². The third-order valence-electron chi connectivity index (χ3n) is 5.64. The maximum Gasteiger partial charge on any atom is 0.260 e. The van der Waals surface area contributed by atoms with Gasteiger partial charge in [0.15, 0.2) is 15.0 Å². The minimum Gasteiger partial charge on any atom is -0.379 e. The van der Waals surface area contributed by atoms with Gasteiger partial charge in [-0.3, -0.25) is 14.6 Å². The van der Waals surface area contributed by atoms with Crippen LogP contribution in [0.25, 0.3) is 10.2 Å². The fraction of sp³-hybridized carbons (Fsp3) is 0.391. The molecule has 1 aromatic heterocycles. The second-order valence-electron chi connectivity index (χ2n) is 7.67. The highest BCUT2D eigenvalue weighted by Crippen LogP contribution is 2.32. The number of ether oxygens (including phenoxy) is 1. The molecule has 7 nitrogen and oxygen atoms in total. The maximum atomic E-state index is 13.5. The highest BCUT2D eigenvalue weighted by molar-refractivity contribution is 7.98. The molecule has 11 heteroatoms. The summed E-state index contributed by atoms with van der Waals surface area (Å²) < 4.78 is 30.8. The van der Waals surface area contributed by atoms with Crippen LogP contribution in [0.1, 0.15) is 17.3 Å². The minimum atomic E-state index is -3.32. The van der Waals surface area contributed by atoms with Crippen molar-refractivity contribution in [3.05, 3.63) is 48.0 Å². The Morgan fingerprint density at radius 2 is 1.88 bits per heavy atom. The third-order valence-corrected chi connectivity index (χ3v) is 9.16. The van der Waals surface area contributed by atoms with Crippen molar-refractivity contribution < 1.29 is 17.9 Å². The van der Waals surface area contributed by atoms with Crippen molar-refractivity contribution in [2.75, 3.05) is 56.3 Å². The van der Waals surface area contributed by atoms with Crippen molar-refractivity contribution in [2.24, 2.45) is 0 Å². The number of thiazole rings is 1. The van der Waals surface area contributed by atoms with Gasteiger partial charge in [-0.1, -0.05) is 18.3 Å². The molecule has 184 valence electrons. The Morgan fingerprint density at radius 3 is 2.53 bits per heavy atom. The number of amides is 1. The average Bonchev–Trinajstić information content (AvgIpc) is 3.27. The molecule has 2 heterocycles. The Morgan fingerprint density at radius 1 is 1.18 bits per heavy atom. The first-order valence-corrected chi connectivity index (χ1v) is 14.5. The van der Waals surface area contributed by atoms with Gasteiger partial charge in [0.25, 0.3) is 5.91 Å². The molecule has 0 spiro atoms. The summed E-state index contributed by atoms with van der Waals surface area (Å²) in [5.41, 5.74) is 1.30. The summed E-state index contributed by atoms with van der Waals surface area (Å²) >= 11 is 3.17. The lowest BCUT2D eigenvalue weighted by atomic mass is 10.2. The van der Waals surface area contributed by atoms with Crippen LogP contribution in [0.4, 0.5) is 5.13 Å². The van der Waals surface area contributed by atoms with Crippen LogP contribution in [0.15, 0.2) is 52.3 Å². The Balaban J connectivity index is 0.00000324. The summed E-state index contributed by atoms with van der Waals surface area (Å²) in [6, 6.07) is 12.3. The quantitative estimate of drug-likeness (QED) is 0.395. The predicted octanol–water partition coefficient (Wildman–Crippen LogP) is 4.21. The van der Waals surface area contributed by atoms with Crippen molar-refractivity contribution in [1.82, 2.24) is 9.88 Å². The van der Waals surface area contributed by atoms with E-state index in [4.69, 9.17) is 9.72 Å². The molecule has 0 N–H and O–H groups in total. The van der Waals surface area contributed by atoms with E-state index < -0.39 is 9.84 Å². The molecule has 0 radical (unpaired) electrons.